The Bertz CT molecular complexity index is 1020. The maximum absolute atomic E-state index is 13.8. The zero-order valence-electron chi connectivity index (χ0n) is 21.5. The maximum Gasteiger partial charge on any atom is 0.315 e. The fourth-order valence-corrected chi connectivity index (χ4v) is 5.14. The lowest BCUT2D eigenvalue weighted by atomic mass is 9.95. The van der Waals surface area contributed by atoms with Crippen LogP contribution in [0.4, 0.5) is 4.79 Å². The van der Waals surface area contributed by atoms with Crippen molar-refractivity contribution in [3.05, 3.63) is 48.0 Å². The Kier molecular flexibility index (Phi) is 9.82. The van der Waals surface area contributed by atoms with Crippen molar-refractivity contribution in [1.29, 1.82) is 0 Å². The second-order valence-electron chi connectivity index (χ2n) is 9.54. The molecule has 1 aliphatic carbocycles. The molecule has 3 atom stereocenters. The molecule has 37 heavy (non-hydrogen) atoms. The first-order valence-electron chi connectivity index (χ1n) is 12.9. The van der Waals surface area contributed by atoms with Crippen molar-refractivity contribution in [2.75, 3.05) is 20.1 Å². The van der Waals surface area contributed by atoms with Crippen LogP contribution < -0.4 is 21.3 Å². The van der Waals surface area contributed by atoms with Crippen molar-refractivity contribution in [3.8, 4) is 0 Å². The minimum Gasteiger partial charge on any atom is -0.346 e. The molecule has 200 valence electrons. The van der Waals surface area contributed by atoms with Crippen molar-refractivity contribution < 1.29 is 24.0 Å². The molecule has 1 aromatic carbocycles. The van der Waals surface area contributed by atoms with E-state index in [9.17, 15) is 24.0 Å². The lowest BCUT2D eigenvalue weighted by Gasteiger charge is -2.32. The number of hydrogen-bond acceptors (Lipinski definition) is 5. The number of benzene rings is 1. The largest absolute Gasteiger partial charge is 0.346 e. The SMILES string of the molecule is C=CCNC(=O)C(=O)C(CCC)NC(=O)C1CCCN1C(=O)C(NC(=O)NC)C1Cc2ccccc2C1. The average molecular weight is 512 g/mol. The van der Waals surface area contributed by atoms with E-state index in [4.69, 9.17) is 0 Å². The molecule has 3 rings (SSSR count). The molecule has 10 heteroatoms. The fraction of sp³-hybridized carbons (Fsp3) is 0.519. The lowest BCUT2D eigenvalue weighted by Crippen LogP contribution is -2.58. The van der Waals surface area contributed by atoms with Gasteiger partial charge in [0.25, 0.3) is 5.91 Å². The van der Waals surface area contributed by atoms with Crippen LogP contribution in [-0.2, 0) is 32.0 Å². The van der Waals surface area contributed by atoms with Gasteiger partial charge in [0.15, 0.2) is 0 Å². The zero-order chi connectivity index (χ0) is 26.9. The Morgan fingerprint density at radius 1 is 1.11 bits per heavy atom. The summed E-state index contributed by atoms with van der Waals surface area (Å²) in [6.07, 6.45) is 4.70. The van der Waals surface area contributed by atoms with Gasteiger partial charge in [0.1, 0.15) is 12.1 Å². The molecule has 3 unspecified atom stereocenters. The Morgan fingerprint density at radius 2 is 1.78 bits per heavy atom. The van der Waals surface area contributed by atoms with Crippen LogP contribution in [0.25, 0.3) is 0 Å². The summed E-state index contributed by atoms with van der Waals surface area (Å²) >= 11 is 0. The van der Waals surface area contributed by atoms with Gasteiger partial charge >= 0.3 is 6.03 Å². The number of amides is 5. The summed E-state index contributed by atoms with van der Waals surface area (Å²) in [7, 11) is 1.49. The number of ketones is 1. The molecular formula is C27H37N5O5. The minimum atomic E-state index is -0.982. The van der Waals surface area contributed by atoms with E-state index >= 15 is 0 Å². The topological polar surface area (TPSA) is 137 Å². The third-order valence-electron chi connectivity index (χ3n) is 7.01. The van der Waals surface area contributed by atoms with Gasteiger partial charge < -0.3 is 26.2 Å². The molecule has 0 spiro atoms. The number of urea groups is 1. The van der Waals surface area contributed by atoms with Gasteiger partial charge in [-0.05, 0) is 49.1 Å². The standard InChI is InChI=1S/C27H37N5O5/c1-4-9-20(23(33)25(35)29-13-5-2)30-24(34)21-12-8-14-32(21)26(36)22(31-27(37)28-3)19-15-17-10-6-7-11-18(17)16-19/h5-7,10-11,19-22H,2,4,8-9,12-16H2,1,3H3,(H,29,35)(H,30,34)(H2,28,31,37). The number of nitrogens with zero attached hydrogens (tertiary/aromatic N) is 1. The monoisotopic (exact) mass is 511 g/mol. The number of carbonyl (C=O) groups excluding carboxylic acids is 5. The van der Waals surface area contributed by atoms with Crippen molar-refractivity contribution in [1.82, 2.24) is 26.2 Å². The highest BCUT2D eigenvalue weighted by Gasteiger charge is 2.42. The molecule has 1 saturated heterocycles. The number of likely N-dealkylation sites (tertiary alicyclic amines) is 1. The van der Waals surface area contributed by atoms with Crippen LogP contribution in [0.1, 0.15) is 43.7 Å². The Labute approximate surface area is 217 Å². The van der Waals surface area contributed by atoms with Crippen molar-refractivity contribution >= 4 is 29.5 Å². The molecular weight excluding hydrogens is 474 g/mol. The molecule has 5 amide bonds. The smallest absolute Gasteiger partial charge is 0.315 e. The summed E-state index contributed by atoms with van der Waals surface area (Å²) < 4.78 is 0. The molecule has 0 aromatic heterocycles. The predicted molar refractivity (Wildman–Crippen MR) is 139 cm³/mol. The summed E-state index contributed by atoms with van der Waals surface area (Å²) in [6.45, 7) is 5.88. The van der Waals surface area contributed by atoms with Crippen LogP contribution in [0, 0.1) is 5.92 Å². The first-order chi connectivity index (χ1) is 17.8. The quantitative estimate of drug-likeness (QED) is 0.258. The lowest BCUT2D eigenvalue weighted by molar-refractivity contribution is -0.143. The number of nitrogens with one attached hydrogen (secondary N) is 4. The van der Waals surface area contributed by atoms with Crippen LogP contribution in [0.2, 0.25) is 0 Å². The molecule has 1 heterocycles. The Balaban J connectivity index is 1.74. The van der Waals surface area contributed by atoms with Gasteiger partial charge in [0.05, 0.1) is 6.04 Å². The van der Waals surface area contributed by atoms with E-state index in [1.165, 1.54) is 18.0 Å². The maximum atomic E-state index is 13.8. The van der Waals surface area contributed by atoms with E-state index < -0.39 is 41.8 Å². The van der Waals surface area contributed by atoms with Gasteiger partial charge in [-0.25, -0.2) is 4.79 Å². The molecule has 0 radical (unpaired) electrons. The van der Waals surface area contributed by atoms with Crippen LogP contribution in [0.5, 0.6) is 0 Å². The fourth-order valence-electron chi connectivity index (χ4n) is 5.14. The van der Waals surface area contributed by atoms with E-state index in [2.05, 4.69) is 27.8 Å². The molecule has 10 nitrogen and oxygen atoms in total. The van der Waals surface area contributed by atoms with E-state index in [-0.39, 0.29) is 18.4 Å². The summed E-state index contributed by atoms with van der Waals surface area (Å²) in [5.74, 6) is -2.44. The first kappa shape index (κ1) is 27.9. The highest BCUT2D eigenvalue weighted by atomic mass is 16.2. The minimum absolute atomic E-state index is 0.144. The van der Waals surface area contributed by atoms with E-state index in [0.29, 0.717) is 45.1 Å². The number of carbonyl (C=O) groups is 5. The summed E-state index contributed by atoms with van der Waals surface area (Å²) in [5, 5.41) is 10.5. The molecule has 2 aliphatic rings. The van der Waals surface area contributed by atoms with Gasteiger partial charge in [0, 0.05) is 20.1 Å². The molecule has 0 saturated carbocycles. The van der Waals surface area contributed by atoms with Crippen LogP contribution in [-0.4, -0.2) is 72.7 Å². The number of rotatable bonds is 11. The molecule has 4 N–H and O–H groups in total. The van der Waals surface area contributed by atoms with Crippen LogP contribution >= 0.6 is 0 Å². The number of fused-ring (bicyclic) bond motifs is 1. The second kappa shape index (κ2) is 13.0. The predicted octanol–water partition coefficient (Wildman–Crippen LogP) is 0.846. The summed E-state index contributed by atoms with van der Waals surface area (Å²) in [6, 6.07) is 4.93. The van der Waals surface area contributed by atoms with Gasteiger partial charge in [-0.15, -0.1) is 6.58 Å². The van der Waals surface area contributed by atoms with Crippen molar-refractivity contribution in [2.45, 2.75) is 63.6 Å². The molecule has 1 aromatic rings. The summed E-state index contributed by atoms with van der Waals surface area (Å²) in [5.41, 5.74) is 2.30. The van der Waals surface area contributed by atoms with Gasteiger partial charge in [-0.1, -0.05) is 43.7 Å². The highest BCUT2D eigenvalue weighted by Crippen LogP contribution is 2.31. The van der Waals surface area contributed by atoms with Gasteiger partial charge in [0.2, 0.25) is 17.6 Å². The Hall–Kier alpha value is -3.69. The molecule has 1 fully saturated rings. The number of Topliss-reactive ketones (excluding diaryl/α,β-unsaturated/α-hetero) is 1. The van der Waals surface area contributed by atoms with Crippen LogP contribution in [0.3, 0.4) is 0 Å². The van der Waals surface area contributed by atoms with E-state index in [1.54, 1.807) is 0 Å². The highest BCUT2D eigenvalue weighted by molar-refractivity contribution is 6.38. The number of hydrogen-bond donors (Lipinski definition) is 4. The van der Waals surface area contributed by atoms with Crippen LogP contribution in [0.15, 0.2) is 36.9 Å². The molecule has 0 bridgehead atoms. The van der Waals surface area contributed by atoms with Gasteiger partial charge in [-0.3, -0.25) is 19.2 Å². The van der Waals surface area contributed by atoms with Crippen molar-refractivity contribution in [3.63, 3.8) is 0 Å². The third-order valence-corrected chi connectivity index (χ3v) is 7.01. The Morgan fingerprint density at radius 3 is 2.38 bits per heavy atom. The third kappa shape index (κ3) is 6.75. The van der Waals surface area contributed by atoms with Crippen molar-refractivity contribution in [2.24, 2.45) is 5.92 Å². The first-order valence-corrected chi connectivity index (χ1v) is 12.9. The molecule has 1 aliphatic heterocycles. The average Bonchev–Trinajstić information content (AvgIpc) is 3.56. The van der Waals surface area contributed by atoms with Gasteiger partial charge in [-0.2, -0.15) is 0 Å². The normalized spacial score (nSPS) is 18.3. The van der Waals surface area contributed by atoms with E-state index in [0.717, 1.165) is 11.1 Å². The zero-order valence-corrected chi connectivity index (χ0v) is 21.5. The van der Waals surface area contributed by atoms with E-state index in [1.807, 2.05) is 31.2 Å². The summed E-state index contributed by atoms with van der Waals surface area (Å²) in [4.78, 5) is 65.7. The second-order valence-corrected chi connectivity index (χ2v) is 9.54.